The third-order valence-corrected chi connectivity index (χ3v) is 5.56. The van der Waals surface area contributed by atoms with E-state index in [1.165, 1.54) is 29.5 Å². The largest absolute Gasteiger partial charge is 0.290 e. The number of aryl methyl sites for hydroxylation is 1. The Bertz CT molecular complexity index is 848. The fraction of sp³-hybridized carbons (Fsp3) is 0.409. The van der Waals surface area contributed by atoms with Gasteiger partial charge in [0.1, 0.15) is 0 Å². The Kier molecular flexibility index (Phi) is 5.30. The molecule has 5 nitrogen and oxygen atoms in total. The number of piperidine rings is 1. The molecule has 1 aromatic heterocycles. The molecule has 5 heteroatoms. The van der Waals surface area contributed by atoms with Crippen molar-refractivity contribution in [2.24, 2.45) is 5.92 Å². The van der Waals surface area contributed by atoms with Crippen molar-refractivity contribution in [2.75, 3.05) is 13.1 Å². The predicted octanol–water partition coefficient (Wildman–Crippen LogP) is 3.85. The Morgan fingerprint density at radius 2 is 1.70 bits per heavy atom. The lowest BCUT2D eigenvalue weighted by Gasteiger charge is -2.36. The molecule has 2 heterocycles. The molecule has 3 aromatic rings. The molecule has 0 amide bonds. The highest BCUT2D eigenvalue weighted by Gasteiger charge is 2.30. The van der Waals surface area contributed by atoms with Crippen molar-refractivity contribution < 1.29 is 0 Å². The fourth-order valence-electron chi connectivity index (χ4n) is 3.84. The number of nitrogens with zero attached hydrogens (tertiary/aromatic N) is 5. The number of likely N-dealkylation sites (tertiary alicyclic amines) is 1. The van der Waals surface area contributed by atoms with Crippen LogP contribution in [0, 0.1) is 12.8 Å². The number of tetrazole rings is 1. The molecule has 1 saturated heterocycles. The highest BCUT2D eigenvalue weighted by Crippen LogP contribution is 2.31. The molecule has 1 aliphatic heterocycles. The molecular formula is C22H27N5. The highest BCUT2D eigenvalue weighted by atomic mass is 15.5. The zero-order valence-corrected chi connectivity index (χ0v) is 16.1. The van der Waals surface area contributed by atoms with Gasteiger partial charge in [-0.3, -0.25) is 4.90 Å². The van der Waals surface area contributed by atoms with Crippen molar-refractivity contribution in [3.63, 3.8) is 0 Å². The van der Waals surface area contributed by atoms with E-state index >= 15 is 0 Å². The molecule has 4 rings (SSSR count). The van der Waals surface area contributed by atoms with Gasteiger partial charge in [-0.2, -0.15) is 0 Å². The third-order valence-electron chi connectivity index (χ3n) is 5.56. The maximum Gasteiger partial charge on any atom is 0.173 e. The van der Waals surface area contributed by atoms with E-state index in [1.807, 2.05) is 10.7 Å². The maximum absolute atomic E-state index is 4.47. The Morgan fingerprint density at radius 1 is 1.00 bits per heavy atom. The minimum atomic E-state index is 0.0943. The Balaban J connectivity index is 1.69. The maximum atomic E-state index is 4.47. The van der Waals surface area contributed by atoms with Crippen LogP contribution in [0.1, 0.15) is 48.3 Å². The average Bonchev–Trinajstić information content (AvgIpc) is 3.13. The number of hydrogen-bond donors (Lipinski definition) is 0. The van der Waals surface area contributed by atoms with Gasteiger partial charge in [0.25, 0.3) is 0 Å². The lowest BCUT2D eigenvalue weighted by Crippen LogP contribution is -2.38. The van der Waals surface area contributed by atoms with Crippen molar-refractivity contribution in [3.8, 4) is 0 Å². The zero-order chi connectivity index (χ0) is 18.6. The van der Waals surface area contributed by atoms with Crippen molar-refractivity contribution >= 4 is 0 Å². The first-order valence-corrected chi connectivity index (χ1v) is 9.81. The van der Waals surface area contributed by atoms with E-state index < -0.39 is 0 Å². The second-order valence-corrected chi connectivity index (χ2v) is 7.71. The zero-order valence-electron chi connectivity index (χ0n) is 16.1. The summed E-state index contributed by atoms with van der Waals surface area (Å²) in [7, 11) is 0. The highest BCUT2D eigenvalue weighted by molar-refractivity contribution is 5.28. The Hall–Kier alpha value is -2.53. The molecule has 0 spiro atoms. The summed E-state index contributed by atoms with van der Waals surface area (Å²) in [6, 6.07) is 19.3. The summed E-state index contributed by atoms with van der Waals surface area (Å²) in [6.07, 6.45) is 2.45. The van der Waals surface area contributed by atoms with Gasteiger partial charge in [-0.1, -0.05) is 67.1 Å². The number of benzene rings is 2. The molecule has 1 fully saturated rings. The van der Waals surface area contributed by atoms with Crippen LogP contribution in [-0.2, 0) is 6.54 Å². The van der Waals surface area contributed by atoms with E-state index in [9.17, 15) is 0 Å². The van der Waals surface area contributed by atoms with Gasteiger partial charge in [-0.05, 0) is 60.3 Å². The van der Waals surface area contributed by atoms with Crippen LogP contribution >= 0.6 is 0 Å². The number of aromatic nitrogens is 4. The first-order valence-electron chi connectivity index (χ1n) is 9.81. The van der Waals surface area contributed by atoms with E-state index in [-0.39, 0.29) is 6.04 Å². The number of rotatable bonds is 5. The topological polar surface area (TPSA) is 46.8 Å². The smallest absolute Gasteiger partial charge is 0.173 e. The molecule has 140 valence electrons. The van der Waals surface area contributed by atoms with Gasteiger partial charge in [0.15, 0.2) is 5.82 Å². The predicted molar refractivity (Wildman–Crippen MR) is 106 cm³/mol. The molecule has 0 saturated carbocycles. The second-order valence-electron chi connectivity index (χ2n) is 7.71. The van der Waals surface area contributed by atoms with Crippen LogP contribution in [0.15, 0.2) is 54.6 Å². The summed E-state index contributed by atoms with van der Waals surface area (Å²) in [4.78, 5) is 2.54. The van der Waals surface area contributed by atoms with Crippen LogP contribution in [0.2, 0.25) is 0 Å². The quantitative estimate of drug-likeness (QED) is 0.692. The lowest BCUT2D eigenvalue weighted by molar-refractivity contribution is 0.150. The molecule has 2 aromatic carbocycles. The van der Waals surface area contributed by atoms with Crippen molar-refractivity contribution in [3.05, 3.63) is 77.1 Å². The summed E-state index contributed by atoms with van der Waals surface area (Å²) >= 11 is 0. The van der Waals surface area contributed by atoms with Crippen LogP contribution in [0.25, 0.3) is 0 Å². The molecule has 1 aliphatic rings. The van der Waals surface area contributed by atoms with Gasteiger partial charge in [0, 0.05) is 0 Å². The summed E-state index contributed by atoms with van der Waals surface area (Å²) in [5.41, 5.74) is 3.74. The second kappa shape index (κ2) is 8.01. The van der Waals surface area contributed by atoms with Crippen molar-refractivity contribution in [1.82, 2.24) is 25.1 Å². The van der Waals surface area contributed by atoms with E-state index in [4.69, 9.17) is 0 Å². The SMILES string of the molecule is Cc1ccc([C@H](c2nnnn2Cc2ccccc2)N2CCC(C)CC2)cc1. The number of hydrogen-bond acceptors (Lipinski definition) is 4. The van der Waals surface area contributed by atoms with E-state index in [0.29, 0.717) is 6.54 Å². The molecule has 0 unspecified atom stereocenters. The molecule has 0 radical (unpaired) electrons. The first kappa shape index (κ1) is 17.9. The van der Waals surface area contributed by atoms with E-state index in [2.05, 4.69) is 82.8 Å². The van der Waals surface area contributed by atoms with Crippen LogP contribution < -0.4 is 0 Å². The van der Waals surface area contributed by atoms with E-state index in [1.54, 1.807) is 0 Å². The van der Waals surface area contributed by atoms with Crippen LogP contribution in [0.3, 0.4) is 0 Å². The van der Waals surface area contributed by atoms with Gasteiger partial charge in [-0.15, -0.1) is 5.10 Å². The normalized spacial score (nSPS) is 17.1. The van der Waals surface area contributed by atoms with Gasteiger partial charge >= 0.3 is 0 Å². The van der Waals surface area contributed by atoms with Gasteiger partial charge < -0.3 is 0 Å². The summed E-state index contributed by atoms with van der Waals surface area (Å²) in [5, 5.41) is 12.8. The van der Waals surface area contributed by atoms with Crippen LogP contribution in [-0.4, -0.2) is 38.2 Å². The Morgan fingerprint density at radius 3 is 2.41 bits per heavy atom. The van der Waals surface area contributed by atoms with Crippen molar-refractivity contribution in [1.29, 1.82) is 0 Å². The standard InChI is InChI=1S/C22H27N5/c1-17-8-10-20(11-9-17)21(26-14-12-18(2)13-15-26)22-23-24-25-27(22)16-19-6-4-3-5-7-19/h3-11,18,21H,12-16H2,1-2H3/t21-/m1/s1. The summed E-state index contributed by atoms with van der Waals surface area (Å²) < 4.78 is 1.96. The third kappa shape index (κ3) is 4.08. The minimum Gasteiger partial charge on any atom is -0.290 e. The van der Waals surface area contributed by atoms with Gasteiger partial charge in [-0.25, -0.2) is 4.68 Å². The molecule has 0 bridgehead atoms. The van der Waals surface area contributed by atoms with Gasteiger partial charge in [0.05, 0.1) is 12.6 Å². The average molecular weight is 361 g/mol. The first-order chi connectivity index (χ1) is 13.2. The molecular weight excluding hydrogens is 334 g/mol. The van der Waals surface area contributed by atoms with Crippen LogP contribution in [0.4, 0.5) is 0 Å². The van der Waals surface area contributed by atoms with E-state index in [0.717, 1.165) is 24.8 Å². The molecule has 0 N–H and O–H groups in total. The minimum absolute atomic E-state index is 0.0943. The monoisotopic (exact) mass is 361 g/mol. The van der Waals surface area contributed by atoms with Crippen LogP contribution in [0.5, 0.6) is 0 Å². The lowest BCUT2D eigenvalue weighted by atomic mass is 9.95. The van der Waals surface area contributed by atoms with Gasteiger partial charge in [0.2, 0.25) is 0 Å². The molecule has 0 aliphatic carbocycles. The molecule has 1 atom stereocenters. The molecule has 27 heavy (non-hydrogen) atoms. The fourth-order valence-corrected chi connectivity index (χ4v) is 3.84. The summed E-state index contributed by atoms with van der Waals surface area (Å²) in [6.45, 7) is 7.32. The Labute approximate surface area is 161 Å². The van der Waals surface area contributed by atoms with Crippen molar-refractivity contribution in [2.45, 2.75) is 39.3 Å². The summed E-state index contributed by atoms with van der Waals surface area (Å²) in [5.74, 6) is 1.72.